The average molecular weight is 234 g/mol. The van der Waals surface area contributed by atoms with Crippen LogP contribution in [0.25, 0.3) is 0 Å². The molecule has 0 unspecified atom stereocenters. The van der Waals surface area contributed by atoms with Crippen LogP contribution in [0.15, 0.2) is 0 Å². The Morgan fingerprint density at radius 2 is 2.36 bits per heavy atom. The van der Waals surface area contributed by atoms with Gasteiger partial charge in [0.2, 0.25) is 0 Å². The fraction of sp³-hybridized carbons (Fsp3) is 0.800. The first-order valence-corrected chi connectivity index (χ1v) is 6.09. The predicted molar refractivity (Wildman–Crippen MR) is 53.8 cm³/mol. The Balaban J connectivity index is 0.000001000. The minimum absolute atomic E-state index is 0. The SMILES string of the molecule is O=[S@@]1CC[C@H](SC(=S)[S-])C1.[Na+]. The number of thiocarbonyl (C=S) groups is 1. The summed E-state index contributed by atoms with van der Waals surface area (Å²) in [6.45, 7) is 0. The molecule has 1 aliphatic rings. The van der Waals surface area contributed by atoms with Gasteiger partial charge in [-0.3, -0.25) is 4.21 Å². The van der Waals surface area contributed by atoms with Gasteiger partial charge < -0.3 is 24.8 Å². The molecule has 0 radical (unpaired) electrons. The molecule has 2 atom stereocenters. The van der Waals surface area contributed by atoms with E-state index in [1.165, 1.54) is 11.8 Å². The molecule has 0 aromatic heterocycles. The van der Waals surface area contributed by atoms with Crippen LogP contribution < -0.4 is 29.6 Å². The summed E-state index contributed by atoms with van der Waals surface area (Å²) in [5.41, 5.74) is 0. The molecule has 0 aliphatic carbocycles. The smallest absolute Gasteiger partial charge is 0.422 e. The molecule has 1 nitrogen and oxygen atoms in total. The van der Waals surface area contributed by atoms with E-state index in [-0.39, 0.29) is 29.6 Å². The Hall–Kier alpha value is 1.81. The van der Waals surface area contributed by atoms with Crippen molar-refractivity contribution in [1.29, 1.82) is 0 Å². The second-order valence-corrected chi connectivity index (χ2v) is 6.61. The Labute approximate surface area is 107 Å². The Morgan fingerprint density at radius 1 is 1.73 bits per heavy atom. The molecule has 58 valence electrons. The molecule has 0 amide bonds. The summed E-state index contributed by atoms with van der Waals surface area (Å²) in [6, 6.07) is 0. The van der Waals surface area contributed by atoms with Crippen LogP contribution in [0.4, 0.5) is 0 Å². The van der Waals surface area contributed by atoms with E-state index < -0.39 is 10.8 Å². The fourth-order valence-corrected chi connectivity index (χ4v) is 4.36. The molecule has 1 heterocycles. The van der Waals surface area contributed by atoms with Gasteiger partial charge >= 0.3 is 29.6 Å². The second kappa shape index (κ2) is 6.29. The third-order valence-corrected chi connectivity index (χ3v) is 4.48. The zero-order valence-corrected chi connectivity index (χ0v) is 11.5. The van der Waals surface area contributed by atoms with Crippen LogP contribution in [-0.2, 0) is 23.4 Å². The van der Waals surface area contributed by atoms with Crippen LogP contribution in [0.1, 0.15) is 6.42 Å². The van der Waals surface area contributed by atoms with Crippen molar-refractivity contribution in [1.82, 2.24) is 0 Å². The van der Waals surface area contributed by atoms with Crippen LogP contribution in [0.3, 0.4) is 0 Å². The third kappa shape index (κ3) is 5.18. The molecule has 11 heavy (non-hydrogen) atoms. The van der Waals surface area contributed by atoms with Crippen molar-refractivity contribution in [2.24, 2.45) is 0 Å². The number of hydrogen-bond donors (Lipinski definition) is 0. The van der Waals surface area contributed by atoms with E-state index in [0.717, 1.165) is 17.9 Å². The van der Waals surface area contributed by atoms with Crippen molar-refractivity contribution in [2.45, 2.75) is 11.7 Å². The molecule has 0 aromatic carbocycles. The van der Waals surface area contributed by atoms with E-state index in [0.29, 0.717) is 8.78 Å². The maximum absolute atomic E-state index is 10.9. The first-order chi connectivity index (χ1) is 4.68. The zero-order valence-electron chi connectivity index (χ0n) is 6.24. The number of hydrogen-bond acceptors (Lipinski definition) is 4. The van der Waals surface area contributed by atoms with Gasteiger partial charge in [0.1, 0.15) is 0 Å². The van der Waals surface area contributed by atoms with Crippen LogP contribution in [-0.4, -0.2) is 24.5 Å². The summed E-state index contributed by atoms with van der Waals surface area (Å²) in [6.07, 6.45) is 1.01. The summed E-state index contributed by atoms with van der Waals surface area (Å²) in [4.78, 5) is 0. The van der Waals surface area contributed by atoms with E-state index in [1.54, 1.807) is 0 Å². The topological polar surface area (TPSA) is 17.1 Å². The van der Waals surface area contributed by atoms with Gasteiger partial charge in [0, 0.05) is 27.6 Å². The standard InChI is InChI=1S/C5H8OS4.Na/c6-10-2-1-4(3-10)9-5(7)8;/h4H,1-3H2,(H,7,8);/q;+1/p-1/t4-,10+;/m0./s1. The monoisotopic (exact) mass is 234 g/mol. The molecular formula is C5H7NaOS4. The average Bonchev–Trinajstić information content (AvgIpc) is 2.13. The largest absolute Gasteiger partial charge is 1.00 e. The van der Waals surface area contributed by atoms with Crippen molar-refractivity contribution in [2.75, 3.05) is 11.5 Å². The van der Waals surface area contributed by atoms with Gasteiger partial charge in [0.05, 0.1) is 0 Å². The first kappa shape index (κ1) is 12.8. The quantitative estimate of drug-likeness (QED) is 0.299. The normalized spacial score (nSPS) is 29.5. The van der Waals surface area contributed by atoms with E-state index in [4.69, 9.17) is 24.8 Å². The zero-order chi connectivity index (χ0) is 7.56. The Morgan fingerprint density at radius 3 is 2.73 bits per heavy atom. The molecule has 0 spiro atoms. The molecule has 1 rings (SSSR count). The molecule has 0 bridgehead atoms. The molecule has 1 aliphatic heterocycles. The maximum Gasteiger partial charge on any atom is 1.00 e. The van der Waals surface area contributed by atoms with Crippen molar-refractivity contribution in [3.05, 3.63) is 0 Å². The summed E-state index contributed by atoms with van der Waals surface area (Å²) < 4.78 is 11.4. The third-order valence-electron chi connectivity index (χ3n) is 1.30. The van der Waals surface area contributed by atoms with E-state index >= 15 is 0 Å². The molecule has 0 aromatic rings. The Kier molecular flexibility index (Phi) is 7.33. The molecule has 6 heteroatoms. The predicted octanol–water partition coefficient (Wildman–Crippen LogP) is -1.92. The van der Waals surface area contributed by atoms with Gasteiger partial charge in [-0.05, 0) is 6.42 Å². The van der Waals surface area contributed by atoms with Crippen LogP contribution >= 0.6 is 24.0 Å². The minimum Gasteiger partial charge on any atom is -0.422 e. The molecule has 1 saturated heterocycles. The van der Waals surface area contributed by atoms with Gasteiger partial charge in [0.15, 0.2) is 0 Å². The Bertz CT molecular complexity index is 172. The molecular weight excluding hydrogens is 227 g/mol. The summed E-state index contributed by atoms with van der Waals surface area (Å²) in [7, 11) is -0.596. The maximum atomic E-state index is 10.9. The summed E-state index contributed by atoms with van der Waals surface area (Å²) in [5.74, 6) is 1.61. The second-order valence-electron chi connectivity index (χ2n) is 2.09. The molecule has 0 N–H and O–H groups in total. The summed E-state index contributed by atoms with van der Waals surface area (Å²) in [5, 5.41) is 0.436. The van der Waals surface area contributed by atoms with E-state index in [2.05, 4.69) is 0 Å². The van der Waals surface area contributed by atoms with Crippen molar-refractivity contribution >= 4 is 50.9 Å². The van der Waals surface area contributed by atoms with Gasteiger partial charge in [0.25, 0.3) is 0 Å². The van der Waals surface area contributed by atoms with E-state index in [1.807, 2.05) is 0 Å². The van der Waals surface area contributed by atoms with Crippen LogP contribution in [0.2, 0.25) is 0 Å². The first-order valence-electron chi connectivity index (χ1n) is 2.91. The molecule has 0 saturated carbocycles. The number of thioether (sulfide) groups is 1. The van der Waals surface area contributed by atoms with Crippen LogP contribution in [0, 0.1) is 0 Å². The van der Waals surface area contributed by atoms with Crippen molar-refractivity contribution in [3.8, 4) is 0 Å². The van der Waals surface area contributed by atoms with Crippen molar-refractivity contribution < 1.29 is 33.8 Å². The van der Waals surface area contributed by atoms with Gasteiger partial charge in [-0.2, -0.15) is 0 Å². The summed E-state index contributed by atoms with van der Waals surface area (Å²) >= 11 is 11.0. The minimum atomic E-state index is -0.596. The van der Waals surface area contributed by atoms with Crippen molar-refractivity contribution in [3.63, 3.8) is 0 Å². The van der Waals surface area contributed by atoms with E-state index in [9.17, 15) is 4.21 Å². The van der Waals surface area contributed by atoms with Gasteiger partial charge in [-0.15, -0.1) is 11.8 Å². The van der Waals surface area contributed by atoms with Crippen LogP contribution in [0.5, 0.6) is 0 Å². The fourth-order valence-electron chi connectivity index (χ4n) is 0.866. The van der Waals surface area contributed by atoms with Gasteiger partial charge in [-0.1, -0.05) is 3.53 Å². The number of rotatable bonds is 1. The van der Waals surface area contributed by atoms with Gasteiger partial charge in [-0.25, -0.2) is 0 Å². The molecule has 1 fully saturated rings.